The van der Waals surface area contributed by atoms with Crippen LogP contribution >= 0.6 is 0 Å². The molecule has 0 aliphatic carbocycles. The fraction of sp³-hybridized carbons (Fsp3) is 0.236. The van der Waals surface area contributed by atoms with Gasteiger partial charge in [0, 0.05) is 0 Å². The van der Waals surface area contributed by atoms with Gasteiger partial charge in [0.2, 0.25) is 0 Å². The summed E-state index contributed by atoms with van der Waals surface area (Å²) in [6.07, 6.45) is 9.23. The molecular weight excluding hydrogens is 661 g/mol. The summed E-state index contributed by atoms with van der Waals surface area (Å²) in [4.78, 5) is 0. The Hall–Kier alpha value is -5.46. The molecule has 6 aromatic carbocycles. The fourth-order valence-electron chi connectivity index (χ4n) is 5.46. The molecule has 0 spiro atoms. The van der Waals surface area contributed by atoms with Crippen molar-refractivity contribution in [3.8, 4) is 33.4 Å². The van der Waals surface area contributed by atoms with Gasteiger partial charge in [0.05, 0.1) is 0 Å². The molecule has 0 radical (unpaired) electrons. The first-order valence-corrected chi connectivity index (χ1v) is 20.1. The lowest BCUT2D eigenvalue weighted by molar-refractivity contribution is 1.09. The molecule has 0 aliphatic heterocycles. The van der Waals surface area contributed by atoms with Gasteiger partial charge < -0.3 is 0 Å². The van der Waals surface area contributed by atoms with Gasteiger partial charge in [0.15, 0.2) is 0 Å². The van der Waals surface area contributed by atoms with E-state index in [2.05, 4.69) is 201 Å². The van der Waals surface area contributed by atoms with E-state index >= 15 is 0 Å². The molecule has 0 heteroatoms. The predicted molar refractivity (Wildman–Crippen MR) is 251 cm³/mol. The first kappa shape index (κ1) is 47.6. The van der Waals surface area contributed by atoms with E-state index in [9.17, 15) is 0 Å². The molecule has 0 heterocycles. The van der Waals surface area contributed by atoms with Gasteiger partial charge in [0.25, 0.3) is 0 Å². The molecule has 0 saturated carbocycles. The van der Waals surface area contributed by atoms with E-state index in [0.717, 1.165) is 5.57 Å². The molecule has 6 rings (SSSR count). The van der Waals surface area contributed by atoms with Crippen molar-refractivity contribution < 1.29 is 0 Å². The highest BCUT2D eigenvalue weighted by Crippen LogP contribution is 2.32. The van der Waals surface area contributed by atoms with Crippen molar-refractivity contribution in [3.05, 3.63) is 210 Å². The molecule has 288 valence electrons. The highest BCUT2D eigenvalue weighted by Gasteiger charge is 2.08. The Morgan fingerprint density at radius 3 is 1.38 bits per heavy atom. The lowest BCUT2D eigenvalue weighted by Gasteiger charge is -2.13. The SMILES string of the molecule is C=C/C(=C\C=C/C)c1ccc(C)cc1.CC.CC.CCC.Cc1ccc(-c2ccccc2)cc1.Cc1ccccc1-c1ccc(C)c(-c2ccccc2C)c1. The monoisotopic (exact) mass is 729 g/mol. The van der Waals surface area contributed by atoms with Crippen molar-refractivity contribution in [2.24, 2.45) is 0 Å². The highest BCUT2D eigenvalue weighted by atomic mass is 14.1. The van der Waals surface area contributed by atoms with Crippen LogP contribution in [0.2, 0.25) is 0 Å². The topological polar surface area (TPSA) is 0 Å². The Kier molecular flexibility index (Phi) is 24.3. The van der Waals surface area contributed by atoms with Gasteiger partial charge in [-0.05, 0) is 109 Å². The summed E-state index contributed by atoms with van der Waals surface area (Å²) < 4.78 is 0. The molecule has 0 amide bonds. The maximum absolute atomic E-state index is 3.81. The quantitative estimate of drug-likeness (QED) is 0.150. The van der Waals surface area contributed by atoms with E-state index in [4.69, 9.17) is 0 Å². The van der Waals surface area contributed by atoms with Crippen LogP contribution in [0.1, 0.15) is 88.3 Å². The van der Waals surface area contributed by atoms with Crippen molar-refractivity contribution in [3.63, 3.8) is 0 Å². The van der Waals surface area contributed by atoms with Gasteiger partial charge in [-0.25, -0.2) is 0 Å². The Morgan fingerprint density at radius 1 is 0.473 bits per heavy atom. The molecule has 0 aliphatic rings. The maximum Gasteiger partial charge on any atom is -0.0146 e. The Labute approximate surface area is 337 Å². The average molecular weight is 729 g/mol. The smallest absolute Gasteiger partial charge is 0.0146 e. The average Bonchev–Trinajstić information content (AvgIpc) is 3.22. The zero-order valence-electron chi connectivity index (χ0n) is 36.1. The van der Waals surface area contributed by atoms with Crippen molar-refractivity contribution in [2.45, 2.75) is 89.5 Å². The zero-order valence-corrected chi connectivity index (χ0v) is 36.1. The van der Waals surface area contributed by atoms with E-state index in [1.54, 1.807) is 0 Å². The standard InChI is InChI=1S/C21H20.C14H16.C13H12.C3H8.2C2H6/c1-15-8-4-6-10-19(15)18-13-12-17(3)21(14-18)20-11-7-5-9-16(20)2;1-4-6-7-13(5-2)14-10-8-12(3)9-11-14;1-11-7-9-13(10-8-11)12-5-3-2-4-6-12;1-3-2;2*1-2/h4-14H,1-3H3;4-11H,2H2,1,3H3;2-10H,1H3;3H2,1-2H3;2*1-2H3/b;6-4-,13-7+;;;;. The van der Waals surface area contributed by atoms with Crippen LogP contribution in [-0.4, -0.2) is 0 Å². The van der Waals surface area contributed by atoms with Gasteiger partial charge in [-0.2, -0.15) is 0 Å². The molecule has 6 aromatic rings. The van der Waals surface area contributed by atoms with Crippen molar-refractivity contribution >= 4 is 5.57 Å². The molecule has 0 aromatic heterocycles. The second-order valence-corrected chi connectivity index (χ2v) is 12.8. The van der Waals surface area contributed by atoms with Crippen LogP contribution in [0.15, 0.2) is 176 Å². The molecule has 0 bridgehead atoms. The van der Waals surface area contributed by atoms with Gasteiger partial charge in [-0.1, -0.05) is 229 Å². The number of allylic oxidation sites excluding steroid dienone is 5. The summed E-state index contributed by atoms with van der Waals surface area (Å²) in [5.41, 5.74) is 16.7. The number of rotatable bonds is 6. The van der Waals surface area contributed by atoms with Crippen molar-refractivity contribution in [2.75, 3.05) is 0 Å². The summed E-state index contributed by atoms with van der Waals surface area (Å²) in [5.74, 6) is 0. The van der Waals surface area contributed by atoms with E-state index < -0.39 is 0 Å². The van der Waals surface area contributed by atoms with E-state index in [1.807, 2.05) is 58.9 Å². The minimum Gasteiger partial charge on any atom is -0.0984 e. The Morgan fingerprint density at radius 2 is 0.891 bits per heavy atom. The third-order valence-corrected chi connectivity index (χ3v) is 8.36. The first-order chi connectivity index (χ1) is 26.7. The Balaban J connectivity index is 0.000000393. The van der Waals surface area contributed by atoms with Crippen molar-refractivity contribution in [1.82, 2.24) is 0 Å². The normalized spacial score (nSPS) is 10.0. The van der Waals surface area contributed by atoms with Crippen molar-refractivity contribution in [1.29, 1.82) is 0 Å². The fourth-order valence-corrected chi connectivity index (χ4v) is 5.46. The summed E-state index contributed by atoms with van der Waals surface area (Å²) in [5, 5.41) is 0. The minimum atomic E-state index is 1.16. The maximum atomic E-state index is 3.81. The predicted octanol–water partition coefficient (Wildman–Crippen LogP) is 17.2. The second-order valence-electron chi connectivity index (χ2n) is 12.8. The van der Waals surface area contributed by atoms with Gasteiger partial charge in [-0.3, -0.25) is 0 Å². The van der Waals surface area contributed by atoms with Crippen LogP contribution in [0.3, 0.4) is 0 Å². The summed E-state index contributed by atoms with van der Waals surface area (Å²) >= 11 is 0. The third kappa shape index (κ3) is 16.6. The minimum absolute atomic E-state index is 1.16. The number of hydrogen-bond acceptors (Lipinski definition) is 0. The van der Waals surface area contributed by atoms with Gasteiger partial charge in [-0.15, -0.1) is 0 Å². The van der Waals surface area contributed by atoms with Crippen LogP contribution in [0.25, 0.3) is 39.0 Å². The van der Waals surface area contributed by atoms with E-state index in [-0.39, 0.29) is 0 Å². The van der Waals surface area contributed by atoms with Gasteiger partial charge in [0.1, 0.15) is 0 Å². The van der Waals surface area contributed by atoms with E-state index in [1.165, 1.54) is 73.2 Å². The number of hydrogen-bond donors (Lipinski definition) is 0. The molecule has 0 nitrogen and oxygen atoms in total. The van der Waals surface area contributed by atoms with Crippen LogP contribution in [0.5, 0.6) is 0 Å². The third-order valence-electron chi connectivity index (χ3n) is 8.36. The van der Waals surface area contributed by atoms with Crippen LogP contribution in [0.4, 0.5) is 0 Å². The number of benzene rings is 6. The van der Waals surface area contributed by atoms with Crippen LogP contribution < -0.4 is 0 Å². The summed E-state index contributed by atoms with van der Waals surface area (Å²) in [7, 11) is 0. The summed E-state index contributed by atoms with van der Waals surface area (Å²) in [6.45, 7) is 28.8. The van der Waals surface area contributed by atoms with Crippen LogP contribution in [-0.2, 0) is 0 Å². The molecule has 0 saturated heterocycles. The van der Waals surface area contributed by atoms with E-state index in [0.29, 0.717) is 0 Å². The molecule has 0 atom stereocenters. The summed E-state index contributed by atoms with van der Waals surface area (Å²) in [6, 6.07) is 51.4. The Bertz CT molecular complexity index is 1970. The highest BCUT2D eigenvalue weighted by molar-refractivity contribution is 5.78. The lowest BCUT2D eigenvalue weighted by atomic mass is 9.92. The number of aryl methyl sites for hydroxylation is 5. The van der Waals surface area contributed by atoms with Crippen LogP contribution in [0, 0.1) is 34.6 Å². The lowest BCUT2D eigenvalue weighted by Crippen LogP contribution is -1.89. The zero-order chi connectivity index (χ0) is 41.0. The molecule has 55 heavy (non-hydrogen) atoms. The molecular formula is C55H68. The first-order valence-electron chi connectivity index (χ1n) is 20.1. The molecule has 0 unspecified atom stereocenters. The molecule has 0 N–H and O–H groups in total. The largest absolute Gasteiger partial charge is 0.0984 e. The van der Waals surface area contributed by atoms with Gasteiger partial charge >= 0.3 is 0 Å². The second kappa shape index (κ2) is 28.0. The molecule has 0 fully saturated rings.